The van der Waals surface area contributed by atoms with Crippen LogP contribution in [0.25, 0.3) is 0 Å². The molecule has 1 aliphatic rings. The summed E-state index contributed by atoms with van der Waals surface area (Å²) in [5.74, 6) is -2.40. The molecule has 1 aromatic carbocycles. The van der Waals surface area contributed by atoms with Crippen molar-refractivity contribution in [1.29, 1.82) is 0 Å². The zero-order valence-corrected chi connectivity index (χ0v) is 10.7. The van der Waals surface area contributed by atoms with Crippen LogP contribution in [0.3, 0.4) is 0 Å². The number of nitrogens with zero attached hydrogens (tertiary/aromatic N) is 1. The highest BCUT2D eigenvalue weighted by molar-refractivity contribution is 5.20. The lowest BCUT2D eigenvalue weighted by molar-refractivity contribution is -0.0416. The predicted octanol–water partition coefficient (Wildman–Crippen LogP) is 2.45. The molecule has 1 aromatic rings. The molecular formula is C14H20F2N2. The fourth-order valence-corrected chi connectivity index (χ4v) is 2.69. The molecule has 18 heavy (non-hydrogen) atoms. The van der Waals surface area contributed by atoms with Gasteiger partial charge in [0.15, 0.2) is 0 Å². The van der Waals surface area contributed by atoms with Gasteiger partial charge >= 0.3 is 0 Å². The fraction of sp³-hybridized carbons (Fsp3) is 0.571. The molecule has 2 unspecified atom stereocenters. The Morgan fingerprint density at radius 3 is 2.61 bits per heavy atom. The van der Waals surface area contributed by atoms with Crippen molar-refractivity contribution in [2.24, 2.45) is 11.7 Å². The number of hydrogen-bond donors (Lipinski definition) is 1. The number of likely N-dealkylation sites (tertiary alicyclic amines) is 1. The average Bonchev–Trinajstić information content (AvgIpc) is 2.70. The molecule has 2 rings (SSSR count). The second-order valence-corrected chi connectivity index (χ2v) is 5.11. The number of halogens is 2. The number of rotatable bonds is 4. The zero-order chi connectivity index (χ0) is 13.2. The third-order valence-electron chi connectivity index (χ3n) is 3.84. The normalized spacial score (nSPS) is 25.6. The molecule has 4 heteroatoms. The average molecular weight is 254 g/mol. The number of alkyl halides is 2. The van der Waals surface area contributed by atoms with Crippen molar-refractivity contribution in [2.45, 2.75) is 25.3 Å². The first kappa shape index (κ1) is 13.4. The van der Waals surface area contributed by atoms with E-state index < -0.39 is 5.92 Å². The highest BCUT2D eigenvalue weighted by Crippen LogP contribution is 2.32. The fourth-order valence-electron chi connectivity index (χ4n) is 2.69. The monoisotopic (exact) mass is 254 g/mol. The first-order valence-corrected chi connectivity index (χ1v) is 6.42. The molecule has 0 aliphatic carbocycles. The molecule has 0 spiro atoms. The van der Waals surface area contributed by atoms with Gasteiger partial charge in [-0.1, -0.05) is 37.3 Å². The minimum Gasteiger partial charge on any atom is -0.329 e. The van der Waals surface area contributed by atoms with E-state index in [9.17, 15) is 8.78 Å². The van der Waals surface area contributed by atoms with Crippen LogP contribution in [0, 0.1) is 5.92 Å². The van der Waals surface area contributed by atoms with E-state index in [4.69, 9.17) is 5.73 Å². The zero-order valence-electron chi connectivity index (χ0n) is 10.7. The van der Waals surface area contributed by atoms with Crippen LogP contribution < -0.4 is 5.73 Å². The maximum atomic E-state index is 14.2. The van der Waals surface area contributed by atoms with Gasteiger partial charge in [0.2, 0.25) is 0 Å². The van der Waals surface area contributed by atoms with Gasteiger partial charge in [0.1, 0.15) is 0 Å². The maximum absolute atomic E-state index is 14.2. The standard InChI is InChI=1S/C14H20F2N2/c1-11-7-8-18(13(11)9-17)10-14(15,16)12-5-3-2-4-6-12/h2-6,11,13H,7-10,17H2,1H3. The van der Waals surface area contributed by atoms with Crippen molar-refractivity contribution in [3.05, 3.63) is 35.9 Å². The van der Waals surface area contributed by atoms with Crippen LogP contribution in [0.2, 0.25) is 0 Å². The van der Waals surface area contributed by atoms with Gasteiger partial charge in [-0.05, 0) is 18.9 Å². The SMILES string of the molecule is CC1CCN(CC(F)(F)c2ccccc2)C1CN. The summed E-state index contributed by atoms with van der Waals surface area (Å²) in [7, 11) is 0. The Balaban J connectivity index is 2.09. The molecule has 1 aliphatic heterocycles. The molecule has 0 bridgehead atoms. The third-order valence-corrected chi connectivity index (χ3v) is 3.84. The van der Waals surface area contributed by atoms with E-state index in [0.29, 0.717) is 19.0 Å². The number of hydrogen-bond acceptors (Lipinski definition) is 2. The summed E-state index contributed by atoms with van der Waals surface area (Å²) in [6.45, 7) is 3.01. The van der Waals surface area contributed by atoms with E-state index >= 15 is 0 Å². The van der Waals surface area contributed by atoms with Crippen molar-refractivity contribution in [3.63, 3.8) is 0 Å². The largest absolute Gasteiger partial charge is 0.329 e. The molecule has 100 valence electrons. The lowest BCUT2D eigenvalue weighted by atomic mass is 10.0. The summed E-state index contributed by atoms with van der Waals surface area (Å²) < 4.78 is 28.3. The molecule has 0 aromatic heterocycles. The van der Waals surface area contributed by atoms with Gasteiger partial charge < -0.3 is 5.73 Å². The van der Waals surface area contributed by atoms with E-state index in [0.717, 1.165) is 6.42 Å². The summed E-state index contributed by atoms with van der Waals surface area (Å²) in [4.78, 5) is 1.83. The van der Waals surface area contributed by atoms with E-state index in [1.807, 2.05) is 4.90 Å². The van der Waals surface area contributed by atoms with Crippen LogP contribution in [0.1, 0.15) is 18.9 Å². The van der Waals surface area contributed by atoms with Crippen LogP contribution in [0.15, 0.2) is 30.3 Å². The van der Waals surface area contributed by atoms with E-state index in [2.05, 4.69) is 6.92 Å². The molecule has 2 nitrogen and oxygen atoms in total. The van der Waals surface area contributed by atoms with Crippen LogP contribution in [-0.4, -0.2) is 30.6 Å². The summed E-state index contributed by atoms with van der Waals surface area (Å²) in [6, 6.07) is 8.10. The molecule has 2 atom stereocenters. The summed E-state index contributed by atoms with van der Waals surface area (Å²) in [5.41, 5.74) is 5.77. The van der Waals surface area contributed by atoms with E-state index in [1.165, 1.54) is 12.1 Å². The van der Waals surface area contributed by atoms with E-state index in [-0.39, 0.29) is 18.2 Å². The van der Waals surface area contributed by atoms with Crippen molar-refractivity contribution in [1.82, 2.24) is 4.90 Å². The molecule has 1 saturated heterocycles. The Labute approximate surface area is 107 Å². The Morgan fingerprint density at radius 1 is 1.33 bits per heavy atom. The Kier molecular flexibility index (Phi) is 3.97. The lowest BCUT2D eigenvalue weighted by Gasteiger charge is -2.29. The van der Waals surface area contributed by atoms with E-state index in [1.54, 1.807) is 18.2 Å². The molecule has 1 heterocycles. The van der Waals surface area contributed by atoms with Crippen LogP contribution >= 0.6 is 0 Å². The topological polar surface area (TPSA) is 29.3 Å². The van der Waals surface area contributed by atoms with Crippen molar-refractivity contribution >= 4 is 0 Å². The van der Waals surface area contributed by atoms with Crippen molar-refractivity contribution < 1.29 is 8.78 Å². The van der Waals surface area contributed by atoms with Gasteiger partial charge in [-0.3, -0.25) is 4.90 Å². The quantitative estimate of drug-likeness (QED) is 0.894. The first-order chi connectivity index (χ1) is 8.54. The number of nitrogens with two attached hydrogens (primary N) is 1. The summed E-state index contributed by atoms with van der Waals surface area (Å²) >= 11 is 0. The summed E-state index contributed by atoms with van der Waals surface area (Å²) in [5, 5.41) is 0. The molecule has 2 N–H and O–H groups in total. The van der Waals surface area contributed by atoms with Crippen molar-refractivity contribution in [2.75, 3.05) is 19.6 Å². The third kappa shape index (κ3) is 2.70. The summed E-state index contributed by atoms with van der Waals surface area (Å²) in [6.07, 6.45) is 0.951. The predicted molar refractivity (Wildman–Crippen MR) is 68.5 cm³/mol. The molecule has 0 amide bonds. The second kappa shape index (κ2) is 5.33. The highest BCUT2D eigenvalue weighted by Gasteiger charge is 2.39. The molecular weight excluding hydrogens is 234 g/mol. The van der Waals surface area contributed by atoms with Gasteiger partial charge in [0.25, 0.3) is 5.92 Å². The van der Waals surface area contributed by atoms with Gasteiger partial charge in [0.05, 0.1) is 6.54 Å². The first-order valence-electron chi connectivity index (χ1n) is 6.42. The van der Waals surface area contributed by atoms with Gasteiger partial charge in [-0.2, -0.15) is 8.78 Å². The molecule has 0 radical (unpaired) electrons. The van der Waals surface area contributed by atoms with Crippen LogP contribution in [-0.2, 0) is 5.92 Å². The smallest absolute Gasteiger partial charge is 0.285 e. The maximum Gasteiger partial charge on any atom is 0.285 e. The minimum atomic E-state index is -2.81. The minimum absolute atomic E-state index is 0.0830. The highest BCUT2D eigenvalue weighted by atomic mass is 19.3. The van der Waals surface area contributed by atoms with Crippen LogP contribution in [0.5, 0.6) is 0 Å². The number of benzene rings is 1. The second-order valence-electron chi connectivity index (χ2n) is 5.11. The molecule has 0 saturated carbocycles. The van der Waals surface area contributed by atoms with Gasteiger partial charge in [-0.25, -0.2) is 0 Å². The van der Waals surface area contributed by atoms with Gasteiger partial charge in [0, 0.05) is 18.2 Å². The molecule has 1 fully saturated rings. The van der Waals surface area contributed by atoms with Crippen molar-refractivity contribution in [3.8, 4) is 0 Å². The van der Waals surface area contributed by atoms with Crippen LogP contribution in [0.4, 0.5) is 8.78 Å². The van der Waals surface area contributed by atoms with Gasteiger partial charge in [-0.15, -0.1) is 0 Å². The Hall–Kier alpha value is -1.00. The Morgan fingerprint density at radius 2 is 2.00 bits per heavy atom. The Bertz CT molecular complexity index is 381. The lowest BCUT2D eigenvalue weighted by Crippen LogP contribution is -2.43.